The van der Waals surface area contributed by atoms with Gasteiger partial charge in [0.25, 0.3) is 5.91 Å². The van der Waals surface area contributed by atoms with Gasteiger partial charge in [0.2, 0.25) is 5.91 Å². The number of piperidine rings is 1. The first-order valence-electron chi connectivity index (χ1n) is 10.1. The van der Waals surface area contributed by atoms with Crippen molar-refractivity contribution in [2.75, 3.05) is 25.4 Å². The first-order valence-corrected chi connectivity index (χ1v) is 11.1. The van der Waals surface area contributed by atoms with Crippen LogP contribution in [0.1, 0.15) is 35.2 Å². The summed E-state index contributed by atoms with van der Waals surface area (Å²) in [5.41, 5.74) is 1.30. The number of amides is 2. The van der Waals surface area contributed by atoms with E-state index in [2.05, 4.69) is 0 Å². The van der Waals surface area contributed by atoms with Crippen LogP contribution >= 0.6 is 11.8 Å². The highest BCUT2D eigenvalue weighted by Gasteiger charge is 2.47. The topological polar surface area (TPSA) is 40.6 Å². The summed E-state index contributed by atoms with van der Waals surface area (Å²) in [6, 6.07) is 16.2. The normalized spacial score (nSPS) is 18.2. The Morgan fingerprint density at radius 3 is 2.38 bits per heavy atom. The van der Waals surface area contributed by atoms with E-state index >= 15 is 0 Å². The Hall–Kier alpha value is -2.34. The molecule has 2 amide bonds. The number of benzene rings is 2. The molecule has 2 aromatic carbocycles. The van der Waals surface area contributed by atoms with Gasteiger partial charge >= 0.3 is 0 Å². The molecule has 0 aromatic heterocycles. The smallest absolute Gasteiger partial charge is 0.257 e. The van der Waals surface area contributed by atoms with Gasteiger partial charge in [0.15, 0.2) is 0 Å². The number of likely N-dealkylation sites (tertiary alicyclic amines) is 1. The van der Waals surface area contributed by atoms with E-state index in [1.165, 1.54) is 11.6 Å². The Bertz CT molecular complexity index is 881. The van der Waals surface area contributed by atoms with Crippen LogP contribution in [0.5, 0.6) is 0 Å². The summed E-state index contributed by atoms with van der Waals surface area (Å²) in [5.74, 6) is 0.302. The molecule has 2 fully saturated rings. The molecule has 6 heteroatoms. The van der Waals surface area contributed by atoms with Crippen LogP contribution in [0.2, 0.25) is 0 Å². The van der Waals surface area contributed by atoms with E-state index in [-0.39, 0.29) is 22.2 Å². The van der Waals surface area contributed by atoms with Crippen LogP contribution in [0.4, 0.5) is 4.39 Å². The number of nitrogens with zero attached hydrogens (tertiary/aromatic N) is 2. The van der Waals surface area contributed by atoms with E-state index in [0.717, 1.165) is 25.0 Å². The third-order valence-corrected chi connectivity index (χ3v) is 7.45. The number of carbonyl (C=O) groups excluding carboxylic acids is 2. The Balaban J connectivity index is 1.38. The van der Waals surface area contributed by atoms with E-state index in [0.29, 0.717) is 26.1 Å². The van der Waals surface area contributed by atoms with Crippen molar-refractivity contribution in [3.05, 3.63) is 71.5 Å². The Kier molecular flexibility index (Phi) is 5.90. The van der Waals surface area contributed by atoms with Gasteiger partial charge in [-0.3, -0.25) is 9.59 Å². The highest BCUT2D eigenvalue weighted by molar-refractivity contribution is 8.00. The monoisotopic (exact) mass is 412 g/mol. The van der Waals surface area contributed by atoms with E-state index in [4.69, 9.17) is 0 Å². The van der Waals surface area contributed by atoms with Gasteiger partial charge in [0.05, 0.1) is 10.4 Å². The quantitative estimate of drug-likeness (QED) is 0.763. The molecule has 2 aromatic rings. The van der Waals surface area contributed by atoms with E-state index < -0.39 is 5.82 Å². The first kappa shape index (κ1) is 20.0. The maximum absolute atomic E-state index is 14.1. The van der Waals surface area contributed by atoms with Crippen LogP contribution in [0.15, 0.2) is 54.6 Å². The summed E-state index contributed by atoms with van der Waals surface area (Å²) < 4.78 is 14.1. The van der Waals surface area contributed by atoms with Gasteiger partial charge in [0.1, 0.15) is 5.82 Å². The van der Waals surface area contributed by atoms with Crippen molar-refractivity contribution in [3.8, 4) is 0 Å². The molecule has 0 N–H and O–H groups in total. The number of hydrogen-bond donors (Lipinski definition) is 0. The molecule has 2 aliphatic heterocycles. The predicted octanol–water partition coefficient (Wildman–Crippen LogP) is 3.97. The van der Waals surface area contributed by atoms with Crippen molar-refractivity contribution in [3.63, 3.8) is 0 Å². The lowest BCUT2D eigenvalue weighted by molar-refractivity contribution is -0.132. The van der Waals surface area contributed by atoms with Crippen molar-refractivity contribution in [1.29, 1.82) is 0 Å². The van der Waals surface area contributed by atoms with Crippen LogP contribution in [-0.2, 0) is 11.2 Å². The number of carbonyl (C=O) groups is 2. The molecule has 0 saturated carbocycles. The average molecular weight is 413 g/mol. The number of halogens is 1. The fourth-order valence-electron chi connectivity index (χ4n) is 4.25. The zero-order valence-electron chi connectivity index (χ0n) is 16.4. The van der Waals surface area contributed by atoms with Gasteiger partial charge in [-0.25, -0.2) is 4.39 Å². The summed E-state index contributed by atoms with van der Waals surface area (Å²) >= 11 is 1.77. The maximum Gasteiger partial charge on any atom is 0.257 e. The molecule has 0 atom stereocenters. The predicted molar refractivity (Wildman–Crippen MR) is 113 cm³/mol. The Labute approximate surface area is 175 Å². The summed E-state index contributed by atoms with van der Waals surface area (Å²) in [6.45, 7) is 1.91. The molecule has 2 heterocycles. The van der Waals surface area contributed by atoms with Gasteiger partial charge in [-0.15, -0.1) is 11.8 Å². The van der Waals surface area contributed by atoms with Gasteiger partial charge in [0, 0.05) is 31.8 Å². The zero-order valence-corrected chi connectivity index (χ0v) is 17.2. The molecule has 1 spiro atoms. The molecule has 0 aliphatic carbocycles. The molecule has 0 radical (unpaired) electrons. The fraction of sp³-hybridized carbons (Fsp3) is 0.391. The summed E-state index contributed by atoms with van der Waals surface area (Å²) in [5, 5.41) is 0. The Morgan fingerprint density at radius 2 is 1.66 bits per heavy atom. The summed E-state index contributed by atoms with van der Waals surface area (Å²) in [4.78, 5) is 29.1. The third kappa shape index (κ3) is 4.17. The second-order valence-corrected chi connectivity index (χ2v) is 9.05. The van der Waals surface area contributed by atoms with Crippen LogP contribution < -0.4 is 0 Å². The van der Waals surface area contributed by atoms with Crippen LogP contribution in [0, 0.1) is 5.82 Å². The van der Waals surface area contributed by atoms with Crippen molar-refractivity contribution in [2.24, 2.45) is 0 Å². The minimum absolute atomic E-state index is 0.135. The average Bonchev–Trinajstić information content (AvgIpc) is 3.16. The molecule has 2 saturated heterocycles. The van der Waals surface area contributed by atoms with Crippen LogP contribution in [0.25, 0.3) is 0 Å². The minimum atomic E-state index is -0.474. The van der Waals surface area contributed by atoms with Crippen LogP contribution in [-0.4, -0.2) is 51.9 Å². The van der Waals surface area contributed by atoms with Crippen LogP contribution in [0.3, 0.4) is 0 Å². The zero-order chi connectivity index (χ0) is 20.3. The van der Waals surface area contributed by atoms with E-state index in [1.54, 1.807) is 30.0 Å². The third-order valence-electron chi connectivity index (χ3n) is 5.89. The second-order valence-electron chi connectivity index (χ2n) is 7.60. The minimum Gasteiger partial charge on any atom is -0.342 e. The molecule has 0 bridgehead atoms. The molecular weight excluding hydrogens is 387 g/mol. The lowest BCUT2D eigenvalue weighted by Gasteiger charge is -2.44. The Morgan fingerprint density at radius 1 is 0.966 bits per heavy atom. The lowest BCUT2D eigenvalue weighted by Crippen LogP contribution is -2.53. The maximum atomic E-state index is 14.1. The molecule has 152 valence electrons. The van der Waals surface area contributed by atoms with E-state index in [1.807, 2.05) is 40.1 Å². The molecule has 29 heavy (non-hydrogen) atoms. The van der Waals surface area contributed by atoms with Crippen molar-refractivity contribution in [2.45, 2.75) is 30.6 Å². The standard InChI is InChI=1S/C23H25FN2O2S/c24-20-9-5-4-8-19(20)22(28)26-16-17-29-23(26)12-14-25(15-13-23)21(27)11-10-18-6-2-1-3-7-18/h1-9H,10-17H2. The van der Waals surface area contributed by atoms with Gasteiger partial charge in [-0.1, -0.05) is 42.5 Å². The number of rotatable bonds is 4. The highest BCUT2D eigenvalue weighted by Crippen LogP contribution is 2.44. The second kappa shape index (κ2) is 8.57. The van der Waals surface area contributed by atoms with Gasteiger partial charge in [-0.05, 0) is 37.0 Å². The molecular formula is C23H25FN2O2S. The number of hydrogen-bond acceptors (Lipinski definition) is 3. The largest absolute Gasteiger partial charge is 0.342 e. The first-order chi connectivity index (χ1) is 14.1. The summed E-state index contributed by atoms with van der Waals surface area (Å²) in [7, 11) is 0. The SMILES string of the molecule is O=C(CCc1ccccc1)N1CCC2(CC1)SCCN2C(=O)c1ccccc1F. The van der Waals surface area contributed by atoms with E-state index in [9.17, 15) is 14.0 Å². The van der Waals surface area contributed by atoms with Crippen molar-refractivity contribution in [1.82, 2.24) is 9.80 Å². The molecule has 4 rings (SSSR count). The van der Waals surface area contributed by atoms with Crippen molar-refractivity contribution < 1.29 is 14.0 Å². The lowest BCUT2D eigenvalue weighted by atomic mass is 10.00. The fourth-order valence-corrected chi connectivity index (χ4v) is 5.70. The molecule has 0 unspecified atom stereocenters. The van der Waals surface area contributed by atoms with Crippen molar-refractivity contribution >= 4 is 23.6 Å². The number of aryl methyl sites for hydroxylation is 1. The molecule has 4 nitrogen and oxygen atoms in total. The number of thioether (sulfide) groups is 1. The molecule has 2 aliphatic rings. The van der Waals surface area contributed by atoms with Gasteiger partial charge in [-0.2, -0.15) is 0 Å². The van der Waals surface area contributed by atoms with Gasteiger partial charge < -0.3 is 9.80 Å². The summed E-state index contributed by atoms with van der Waals surface area (Å²) in [6.07, 6.45) is 2.71. The highest BCUT2D eigenvalue weighted by atomic mass is 32.2.